The van der Waals surface area contributed by atoms with E-state index in [0.717, 1.165) is 23.1 Å². The van der Waals surface area contributed by atoms with Crippen LogP contribution in [0.3, 0.4) is 0 Å². The molecule has 0 aromatic carbocycles. The Morgan fingerprint density at radius 2 is 1.40 bits per heavy atom. The SMILES string of the molecule is C#CC1CCC(C)CC1.CC1CCC(C(Br)CBr)CC1. The van der Waals surface area contributed by atoms with Crippen molar-refractivity contribution in [2.75, 3.05) is 5.33 Å². The summed E-state index contributed by atoms with van der Waals surface area (Å²) in [5.74, 6) is 6.24. The van der Waals surface area contributed by atoms with Gasteiger partial charge in [0.25, 0.3) is 0 Å². The van der Waals surface area contributed by atoms with Crippen LogP contribution in [0.15, 0.2) is 0 Å². The van der Waals surface area contributed by atoms with Gasteiger partial charge < -0.3 is 0 Å². The molecule has 0 aromatic heterocycles. The molecule has 0 radical (unpaired) electrons. The zero-order valence-electron chi connectivity index (χ0n) is 13.1. The molecule has 0 saturated heterocycles. The summed E-state index contributed by atoms with van der Waals surface area (Å²) in [6.45, 7) is 4.68. The second-order valence-corrected chi connectivity index (χ2v) is 8.64. The highest BCUT2D eigenvalue weighted by atomic mass is 79.9. The van der Waals surface area contributed by atoms with Crippen molar-refractivity contribution in [1.82, 2.24) is 0 Å². The van der Waals surface area contributed by atoms with E-state index < -0.39 is 0 Å². The third-order valence-corrected chi connectivity index (χ3v) is 7.61. The van der Waals surface area contributed by atoms with E-state index in [1.165, 1.54) is 51.4 Å². The summed E-state index contributed by atoms with van der Waals surface area (Å²) in [6.07, 6.45) is 16.2. The Morgan fingerprint density at radius 1 is 0.950 bits per heavy atom. The molecule has 1 unspecified atom stereocenters. The second kappa shape index (κ2) is 10.3. The topological polar surface area (TPSA) is 0 Å². The van der Waals surface area contributed by atoms with Crippen LogP contribution in [0.4, 0.5) is 0 Å². The van der Waals surface area contributed by atoms with Crippen LogP contribution in [-0.4, -0.2) is 10.2 Å². The molecule has 2 saturated carbocycles. The second-order valence-electron chi connectivity index (χ2n) is 6.81. The molecule has 2 heteroatoms. The van der Waals surface area contributed by atoms with Gasteiger partial charge >= 0.3 is 0 Å². The Balaban J connectivity index is 0.000000204. The quantitative estimate of drug-likeness (QED) is 0.367. The normalized spacial score (nSPS) is 35.4. The van der Waals surface area contributed by atoms with E-state index in [1.54, 1.807) is 0 Å². The summed E-state index contributed by atoms with van der Waals surface area (Å²) in [4.78, 5) is 0.704. The molecule has 2 fully saturated rings. The standard InChI is InChI=1S/C9H16Br2.C9H14/c1-7-2-4-8(5-3-7)9(11)6-10;1-3-9-6-4-8(2)5-7-9/h7-9H,2-6H2,1H3;1,8-9H,4-7H2,2H3. The Morgan fingerprint density at radius 3 is 1.80 bits per heavy atom. The van der Waals surface area contributed by atoms with Gasteiger partial charge in [0.05, 0.1) is 0 Å². The molecule has 0 amide bonds. The molecule has 116 valence electrons. The van der Waals surface area contributed by atoms with Crippen LogP contribution in [-0.2, 0) is 0 Å². The van der Waals surface area contributed by atoms with Crippen molar-refractivity contribution < 1.29 is 0 Å². The molecule has 2 rings (SSSR count). The molecule has 0 N–H and O–H groups in total. The van der Waals surface area contributed by atoms with Crippen molar-refractivity contribution in [3.8, 4) is 12.3 Å². The smallest absolute Gasteiger partial charge is 0.0271 e. The maximum absolute atomic E-state index is 5.30. The highest BCUT2D eigenvalue weighted by Gasteiger charge is 2.23. The van der Waals surface area contributed by atoms with Crippen LogP contribution in [0.5, 0.6) is 0 Å². The van der Waals surface area contributed by atoms with E-state index in [4.69, 9.17) is 6.42 Å². The first kappa shape index (κ1) is 18.6. The van der Waals surface area contributed by atoms with Gasteiger partial charge in [0.2, 0.25) is 0 Å². The van der Waals surface area contributed by atoms with Gasteiger partial charge in [-0.3, -0.25) is 0 Å². The predicted octanol–water partition coefficient (Wildman–Crippen LogP) is 6.42. The van der Waals surface area contributed by atoms with Crippen LogP contribution in [0.1, 0.15) is 65.2 Å². The molecular weight excluding hydrogens is 376 g/mol. The van der Waals surface area contributed by atoms with Crippen LogP contribution in [0.2, 0.25) is 0 Å². The lowest BCUT2D eigenvalue weighted by molar-refractivity contribution is 0.293. The fourth-order valence-corrected chi connectivity index (χ4v) is 4.26. The third kappa shape index (κ3) is 6.99. The van der Waals surface area contributed by atoms with E-state index in [9.17, 15) is 0 Å². The Hall–Kier alpha value is 0.520. The number of rotatable bonds is 2. The average molecular weight is 406 g/mol. The number of terminal acetylenes is 1. The van der Waals surface area contributed by atoms with Gasteiger partial charge in [-0.25, -0.2) is 0 Å². The molecule has 2 aliphatic carbocycles. The highest BCUT2D eigenvalue weighted by Crippen LogP contribution is 2.33. The van der Waals surface area contributed by atoms with E-state index >= 15 is 0 Å². The van der Waals surface area contributed by atoms with Crippen molar-refractivity contribution in [3.05, 3.63) is 0 Å². The maximum Gasteiger partial charge on any atom is 0.0271 e. The lowest BCUT2D eigenvalue weighted by atomic mass is 9.82. The van der Waals surface area contributed by atoms with Gasteiger partial charge in [-0.1, -0.05) is 58.5 Å². The van der Waals surface area contributed by atoms with E-state index in [1.807, 2.05) is 0 Å². The molecule has 0 aliphatic heterocycles. The number of halogens is 2. The molecule has 1 atom stereocenters. The summed E-state index contributed by atoms with van der Waals surface area (Å²) in [5.41, 5.74) is 0. The zero-order valence-corrected chi connectivity index (χ0v) is 16.3. The first-order valence-electron chi connectivity index (χ1n) is 8.23. The van der Waals surface area contributed by atoms with Crippen molar-refractivity contribution in [1.29, 1.82) is 0 Å². The predicted molar refractivity (Wildman–Crippen MR) is 97.6 cm³/mol. The summed E-state index contributed by atoms with van der Waals surface area (Å²) >= 11 is 7.23. The summed E-state index contributed by atoms with van der Waals surface area (Å²) in [5, 5.41) is 1.10. The van der Waals surface area contributed by atoms with Gasteiger partial charge in [0.15, 0.2) is 0 Å². The van der Waals surface area contributed by atoms with E-state index in [2.05, 4.69) is 51.6 Å². The monoisotopic (exact) mass is 404 g/mol. The lowest BCUT2D eigenvalue weighted by Crippen LogP contribution is -2.21. The summed E-state index contributed by atoms with van der Waals surface area (Å²) in [7, 11) is 0. The molecular formula is C18H30Br2. The molecule has 0 heterocycles. The Labute approximate surface area is 143 Å². The van der Waals surface area contributed by atoms with Crippen LogP contribution >= 0.6 is 31.9 Å². The van der Waals surface area contributed by atoms with Gasteiger partial charge in [-0.05, 0) is 56.3 Å². The Kier molecular flexibility index (Phi) is 9.54. The summed E-state index contributed by atoms with van der Waals surface area (Å²) < 4.78 is 0. The highest BCUT2D eigenvalue weighted by molar-refractivity contribution is 9.12. The van der Waals surface area contributed by atoms with Crippen LogP contribution in [0, 0.1) is 36.0 Å². The Bertz CT molecular complexity index is 278. The largest absolute Gasteiger partial charge is 0.120 e. The number of alkyl halides is 2. The average Bonchev–Trinajstić information content (AvgIpc) is 2.49. The van der Waals surface area contributed by atoms with Crippen molar-refractivity contribution in [2.45, 2.75) is 70.0 Å². The number of hydrogen-bond donors (Lipinski definition) is 0. The molecule has 2 aliphatic rings. The van der Waals surface area contributed by atoms with E-state index in [0.29, 0.717) is 10.7 Å². The molecule has 0 bridgehead atoms. The van der Waals surface area contributed by atoms with Crippen molar-refractivity contribution in [3.63, 3.8) is 0 Å². The minimum Gasteiger partial charge on any atom is -0.120 e. The third-order valence-electron chi connectivity index (χ3n) is 4.97. The summed E-state index contributed by atoms with van der Waals surface area (Å²) in [6, 6.07) is 0. The first-order chi connectivity index (χ1) is 9.56. The van der Waals surface area contributed by atoms with Gasteiger partial charge in [0.1, 0.15) is 0 Å². The molecule has 0 aromatic rings. The van der Waals surface area contributed by atoms with Crippen molar-refractivity contribution in [2.24, 2.45) is 23.7 Å². The molecule has 20 heavy (non-hydrogen) atoms. The minimum atomic E-state index is 0.598. The maximum atomic E-state index is 5.30. The lowest BCUT2D eigenvalue weighted by Gasteiger charge is -2.28. The number of hydrogen-bond acceptors (Lipinski definition) is 0. The zero-order chi connectivity index (χ0) is 15.0. The fourth-order valence-electron chi connectivity index (χ4n) is 3.20. The van der Waals surface area contributed by atoms with Crippen LogP contribution < -0.4 is 0 Å². The molecule has 0 nitrogen and oxygen atoms in total. The van der Waals surface area contributed by atoms with Crippen molar-refractivity contribution >= 4 is 31.9 Å². The van der Waals surface area contributed by atoms with Gasteiger partial charge in [-0.15, -0.1) is 12.3 Å². The molecule has 0 spiro atoms. The van der Waals surface area contributed by atoms with Crippen LogP contribution in [0.25, 0.3) is 0 Å². The van der Waals surface area contributed by atoms with Gasteiger partial charge in [0, 0.05) is 16.1 Å². The first-order valence-corrected chi connectivity index (χ1v) is 10.3. The van der Waals surface area contributed by atoms with E-state index in [-0.39, 0.29) is 0 Å². The fraction of sp³-hybridized carbons (Fsp3) is 0.889. The minimum absolute atomic E-state index is 0.598. The van der Waals surface area contributed by atoms with Gasteiger partial charge in [-0.2, -0.15) is 0 Å².